The van der Waals surface area contributed by atoms with Crippen LogP contribution in [0.1, 0.15) is 12.0 Å². The van der Waals surface area contributed by atoms with Crippen molar-refractivity contribution in [1.82, 2.24) is 0 Å². The molecule has 0 saturated carbocycles. The molecule has 1 rings (SSSR count). The van der Waals surface area contributed by atoms with Crippen molar-refractivity contribution in [3.63, 3.8) is 0 Å². The third-order valence-corrected chi connectivity index (χ3v) is 4.49. The van der Waals surface area contributed by atoms with E-state index in [2.05, 4.69) is 25.0 Å². The molecule has 0 aliphatic heterocycles. The Balaban J connectivity index is 2.52. The van der Waals surface area contributed by atoms with E-state index in [9.17, 15) is 9.59 Å². The number of aryl methyl sites for hydroxylation is 1. The first-order chi connectivity index (χ1) is 8.76. The number of nitrogens with one attached hydrogen (secondary N) is 1. The fraction of sp³-hybridized carbons (Fsp3) is 0.429. The summed E-state index contributed by atoms with van der Waals surface area (Å²) >= 11 is 0. The summed E-state index contributed by atoms with van der Waals surface area (Å²) in [6, 6.07) is 9.00. The number of rotatable bonds is 6. The van der Waals surface area contributed by atoms with Crippen LogP contribution in [0.2, 0.25) is 25.7 Å². The second-order valence-electron chi connectivity index (χ2n) is 5.95. The van der Waals surface area contributed by atoms with Crippen LogP contribution >= 0.6 is 0 Å². The van der Waals surface area contributed by atoms with Crippen molar-refractivity contribution >= 4 is 25.6 Å². The smallest absolute Gasteiger partial charge is 0.233 e. The van der Waals surface area contributed by atoms with E-state index < -0.39 is 14.0 Å². The van der Waals surface area contributed by atoms with E-state index in [1.165, 1.54) is 11.6 Å². The molecule has 2 amide bonds. The lowest BCUT2D eigenvalue weighted by Crippen LogP contribution is -2.21. The van der Waals surface area contributed by atoms with Gasteiger partial charge in [0.15, 0.2) is 0 Å². The van der Waals surface area contributed by atoms with E-state index in [0.29, 0.717) is 5.69 Å². The first-order valence-corrected chi connectivity index (χ1v) is 10.1. The lowest BCUT2D eigenvalue weighted by molar-refractivity contribution is -0.124. The largest absolute Gasteiger partial charge is 0.369 e. The fourth-order valence-corrected chi connectivity index (χ4v) is 2.68. The van der Waals surface area contributed by atoms with Crippen LogP contribution in [0.4, 0.5) is 5.69 Å². The normalized spacial score (nSPS) is 11.1. The molecule has 0 atom stereocenters. The fourth-order valence-electron chi connectivity index (χ4n) is 1.64. The van der Waals surface area contributed by atoms with Crippen LogP contribution in [0.25, 0.3) is 0 Å². The SMILES string of the molecule is C[Si](C)(C)CCc1ccc(NC(=O)CC(N)=O)cc1. The maximum absolute atomic E-state index is 11.4. The van der Waals surface area contributed by atoms with Crippen LogP contribution < -0.4 is 11.1 Å². The van der Waals surface area contributed by atoms with Crippen LogP contribution in [-0.2, 0) is 16.0 Å². The molecule has 4 nitrogen and oxygen atoms in total. The minimum atomic E-state index is -1.02. The number of benzene rings is 1. The Morgan fingerprint density at radius 1 is 1.16 bits per heavy atom. The third kappa shape index (κ3) is 6.76. The third-order valence-electron chi connectivity index (χ3n) is 2.74. The van der Waals surface area contributed by atoms with Crippen LogP contribution in [0.15, 0.2) is 24.3 Å². The molecule has 0 fully saturated rings. The number of hydrogen-bond acceptors (Lipinski definition) is 2. The number of hydrogen-bond donors (Lipinski definition) is 2. The zero-order valence-electron chi connectivity index (χ0n) is 11.8. The Morgan fingerprint density at radius 3 is 2.21 bits per heavy atom. The van der Waals surface area contributed by atoms with Crippen molar-refractivity contribution in [2.24, 2.45) is 5.73 Å². The summed E-state index contributed by atoms with van der Waals surface area (Å²) in [4.78, 5) is 22.0. The Hall–Kier alpha value is -1.62. The highest BCUT2D eigenvalue weighted by Crippen LogP contribution is 2.16. The van der Waals surface area contributed by atoms with Crippen molar-refractivity contribution in [3.05, 3.63) is 29.8 Å². The summed E-state index contributed by atoms with van der Waals surface area (Å²) in [6.07, 6.45) is 0.794. The maximum atomic E-state index is 11.4. The Bertz CT molecular complexity index is 450. The minimum absolute atomic E-state index is 0.280. The lowest BCUT2D eigenvalue weighted by Gasteiger charge is -2.15. The predicted octanol–water partition coefficient (Wildman–Crippen LogP) is 2.38. The topological polar surface area (TPSA) is 72.2 Å². The van der Waals surface area contributed by atoms with Gasteiger partial charge in [0.25, 0.3) is 0 Å². The average Bonchev–Trinajstić information content (AvgIpc) is 2.26. The van der Waals surface area contributed by atoms with Gasteiger partial charge in [-0.25, -0.2) is 0 Å². The molecule has 1 aromatic carbocycles. The number of nitrogens with two attached hydrogens (primary N) is 1. The number of carbonyl (C=O) groups excluding carboxylic acids is 2. The Labute approximate surface area is 115 Å². The second kappa shape index (κ2) is 6.52. The van der Waals surface area contributed by atoms with Crippen molar-refractivity contribution in [1.29, 1.82) is 0 Å². The van der Waals surface area contributed by atoms with Gasteiger partial charge in [0, 0.05) is 13.8 Å². The molecular weight excluding hydrogens is 256 g/mol. The molecule has 104 valence electrons. The lowest BCUT2D eigenvalue weighted by atomic mass is 10.1. The van der Waals surface area contributed by atoms with E-state index in [4.69, 9.17) is 5.73 Å². The van der Waals surface area contributed by atoms with Gasteiger partial charge in [-0.3, -0.25) is 9.59 Å². The molecular formula is C14H22N2O2Si. The van der Waals surface area contributed by atoms with E-state index in [-0.39, 0.29) is 12.3 Å². The summed E-state index contributed by atoms with van der Waals surface area (Å²) in [5, 5.41) is 2.64. The van der Waals surface area contributed by atoms with Crippen LogP contribution in [0, 0.1) is 0 Å². The predicted molar refractivity (Wildman–Crippen MR) is 80.7 cm³/mol. The molecule has 0 aliphatic carbocycles. The first-order valence-electron chi connectivity index (χ1n) is 6.43. The van der Waals surface area contributed by atoms with E-state index in [0.717, 1.165) is 6.42 Å². The van der Waals surface area contributed by atoms with Crippen LogP contribution in [0.3, 0.4) is 0 Å². The Kier molecular flexibility index (Phi) is 5.29. The van der Waals surface area contributed by atoms with E-state index in [1.807, 2.05) is 24.3 Å². The van der Waals surface area contributed by atoms with Gasteiger partial charge in [0.2, 0.25) is 11.8 Å². The molecule has 3 N–H and O–H groups in total. The standard InChI is InChI=1S/C14H22N2O2Si/c1-19(2,3)9-8-11-4-6-12(7-5-11)16-14(18)10-13(15)17/h4-7H,8-10H2,1-3H3,(H2,15,17)(H,16,18). The zero-order valence-corrected chi connectivity index (χ0v) is 12.8. The summed E-state index contributed by atoms with van der Waals surface area (Å²) in [5.74, 6) is -0.994. The van der Waals surface area contributed by atoms with Crippen LogP contribution in [0.5, 0.6) is 0 Å². The molecule has 0 heterocycles. The molecule has 19 heavy (non-hydrogen) atoms. The van der Waals surface area contributed by atoms with E-state index in [1.54, 1.807) is 0 Å². The van der Waals surface area contributed by atoms with Gasteiger partial charge < -0.3 is 11.1 Å². The molecule has 0 unspecified atom stereocenters. The van der Waals surface area contributed by atoms with Crippen molar-refractivity contribution in [3.8, 4) is 0 Å². The number of primary amides is 1. The highest BCUT2D eigenvalue weighted by molar-refractivity contribution is 6.76. The van der Waals surface area contributed by atoms with Gasteiger partial charge in [0.1, 0.15) is 6.42 Å². The molecule has 0 radical (unpaired) electrons. The monoisotopic (exact) mass is 278 g/mol. The first kappa shape index (κ1) is 15.4. The van der Waals surface area contributed by atoms with Crippen molar-refractivity contribution in [2.45, 2.75) is 38.5 Å². The molecule has 0 aliphatic rings. The molecule has 1 aromatic rings. The second-order valence-corrected chi connectivity index (χ2v) is 11.6. The molecule has 0 aromatic heterocycles. The Morgan fingerprint density at radius 2 is 1.74 bits per heavy atom. The minimum Gasteiger partial charge on any atom is -0.369 e. The van der Waals surface area contributed by atoms with Gasteiger partial charge in [0.05, 0.1) is 0 Å². The van der Waals surface area contributed by atoms with Gasteiger partial charge in [-0.2, -0.15) is 0 Å². The molecule has 0 bridgehead atoms. The number of anilines is 1. The average molecular weight is 278 g/mol. The van der Waals surface area contributed by atoms with Gasteiger partial charge in [-0.15, -0.1) is 0 Å². The summed E-state index contributed by atoms with van der Waals surface area (Å²) in [6.45, 7) is 7.06. The van der Waals surface area contributed by atoms with Crippen molar-refractivity contribution in [2.75, 3.05) is 5.32 Å². The highest BCUT2D eigenvalue weighted by Gasteiger charge is 2.12. The zero-order chi connectivity index (χ0) is 14.5. The summed E-state index contributed by atoms with van der Waals surface area (Å²) < 4.78 is 0. The summed E-state index contributed by atoms with van der Waals surface area (Å²) in [7, 11) is -1.02. The van der Waals surface area contributed by atoms with Crippen LogP contribution in [-0.4, -0.2) is 19.9 Å². The maximum Gasteiger partial charge on any atom is 0.233 e. The van der Waals surface area contributed by atoms with Gasteiger partial charge in [-0.05, 0) is 24.1 Å². The summed E-state index contributed by atoms with van der Waals surface area (Å²) in [5.41, 5.74) is 6.93. The number of amides is 2. The highest BCUT2D eigenvalue weighted by atomic mass is 28.3. The number of carbonyl (C=O) groups is 2. The van der Waals surface area contributed by atoms with Gasteiger partial charge in [-0.1, -0.05) is 37.8 Å². The van der Waals surface area contributed by atoms with E-state index >= 15 is 0 Å². The van der Waals surface area contributed by atoms with Crippen molar-refractivity contribution < 1.29 is 9.59 Å². The quantitative estimate of drug-likeness (QED) is 0.619. The molecule has 5 heteroatoms. The van der Waals surface area contributed by atoms with Gasteiger partial charge >= 0.3 is 0 Å². The molecule has 0 saturated heterocycles. The molecule has 0 spiro atoms.